The Morgan fingerprint density at radius 1 is 1.15 bits per heavy atom. The van der Waals surface area contributed by atoms with E-state index in [1.807, 2.05) is 13.8 Å². The van der Waals surface area contributed by atoms with Crippen molar-refractivity contribution in [1.82, 2.24) is 0 Å². The fraction of sp³-hybridized carbons (Fsp3) is 0.278. The number of hydrogen-bond acceptors (Lipinski definition) is 4. The standard InChI is InChI=1S/C18H18F2N2O4S/c1-11(23)22-10-18(2,3)26-17-7-5-13(9-16(17)22)27(24,25)21-12-4-6-14(19)15(20)8-12/h4-9,21H,10H2,1-3H3. The molecule has 0 saturated heterocycles. The van der Waals surface area contributed by atoms with E-state index in [0.717, 1.165) is 18.2 Å². The van der Waals surface area contributed by atoms with Crippen LogP contribution in [-0.4, -0.2) is 26.5 Å². The minimum Gasteiger partial charge on any atom is -0.484 e. The Hall–Kier alpha value is -2.68. The summed E-state index contributed by atoms with van der Waals surface area (Å²) >= 11 is 0. The van der Waals surface area contributed by atoms with Crippen LogP contribution in [0.1, 0.15) is 20.8 Å². The van der Waals surface area contributed by atoms with Crippen molar-refractivity contribution in [3.05, 3.63) is 48.0 Å². The molecule has 0 aliphatic carbocycles. The number of halogens is 2. The number of rotatable bonds is 3. The predicted molar refractivity (Wildman–Crippen MR) is 96.3 cm³/mol. The van der Waals surface area contributed by atoms with Crippen LogP contribution < -0.4 is 14.4 Å². The first kappa shape index (κ1) is 19.1. The van der Waals surface area contributed by atoms with Crippen LogP contribution in [0, 0.1) is 11.6 Å². The summed E-state index contributed by atoms with van der Waals surface area (Å²) < 4.78 is 59.6. The highest BCUT2D eigenvalue weighted by Gasteiger charge is 2.34. The van der Waals surface area contributed by atoms with E-state index in [1.165, 1.54) is 30.0 Å². The summed E-state index contributed by atoms with van der Waals surface area (Å²) in [5.74, 6) is -2.12. The maximum Gasteiger partial charge on any atom is 0.261 e. The van der Waals surface area contributed by atoms with Gasteiger partial charge in [0.2, 0.25) is 5.91 Å². The third kappa shape index (κ3) is 3.87. The van der Waals surface area contributed by atoms with Gasteiger partial charge in [0.05, 0.1) is 22.8 Å². The minimum atomic E-state index is -4.09. The van der Waals surface area contributed by atoms with Crippen LogP contribution in [0.4, 0.5) is 20.2 Å². The number of carbonyl (C=O) groups is 1. The first-order valence-electron chi connectivity index (χ1n) is 8.07. The Kier molecular flexibility index (Phi) is 4.59. The summed E-state index contributed by atoms with van der Waals surface area (Å²) in [6.45, 7) is 5.28. The maximum atomic E-state index is 13.3. The molecule has 0 bridgehead atoms. The molecule has 1 N–H and O–H groups in total. The van der Waals surface area contributed by atoms with Gasteiger partial charge in [-0.1, -0.05) is 0 Å². The van der Waals surface area contributed by atoms with Gasteiger partial charge in [0.25, 0.3) is 10.0 Å². The van der Waals surface area contributed by atoms with Crippen molar-refractivity contribution >= 4 is 27.3 Å². The normalized spacial score (nSPS) is 15.7. The van der Waals surface area contributed by atoms with Gasteiger partial charge in [-0.25, -0.2) is 17.2 Å². The zero-order valence-electron chi connectivity index (χ0n) is 14.9. The van der Waals surface area contributed by atoms with Gasteiger partial charge >= 0.3 is 0 Å². The molecular weight excluding hydrogens is 378 g/mol. The van der Waals surface area contributed by atoms with Crippen molar-refractivity contribution in [2.45, 2.75) is 31.3 Å². The van der Waals surface area contributed by atoms with Crippen molar-refractivity contribution in [3.63, 3.8) is 0 Å². The number of carbonyl (C=O) groups excluding carboxylic acids is 1. The van der Waals surface area contributed by atoms with Gasteiger partial charge in [-0.15, -0.1) is 0 Å². The number of ether oxygens (including phenoxy) is 1. The molecule has 9 heteroatoms. The van der Waals surface area contributed by atoms with E-state index in [0.29, 0.717) is 11.4 Å². The zero-order chi connectivity index (χ0) is 20.0. The van der Waals surface area contributed by atoms with Crippen molar-refractivity contribution in [2.75, 3.05) is 16.2 Å². The lowest BCUT2D eigenvalue weighted by atomic mass is 10.1. The molecule has 0 atom stereocenters. The number of nitrogens with one attached hydrogen (secondary N) is 1. The summed E-state index contributed by atoms with van der Waals surface area (Å²) in [5, 5.41) is 0. The molecule has 2 aromatic rings. The number of hydrogen-bond donors (Lipinski definition) is 1. The molecule has 1 aliphatic heterocycles. The molecule has 0 spiro atoms. The lowest BCUT2D eigenvalue weighted by Crippen LogP contribution is -2.48. The van der Waals surface area contributed by atoms with Crippen LogP contribution in [0.5, 0.6) is 5.75 Å². The van der Waals surface area contributed by atoms with Crippen molar-refractivity contribution in [3.8, 4) is 5.75 Å². The third-order valence-electron chi connectivity index (χ3n) is 4.01. The largest absolute Gasteiger partial charge is 0.484 e. The van der Waals surface area contributed by atoms with Gasteiger partial charge in [0.1, 0.15) is 11.4 Å². The van der Waals surface area contributed by atoms with Gasteiger partial charge < -0.3 is 9.64 Å². The second-order valence-electron chi connectivity index (χ2n) is 6.83. The molecular formula is C18H18F2N2O4S. The molecule has 0 unspecified atom stereocenters. The van der Waals surface area contributed by atoms with Crippen LogP contribution >= 0.6 is 0 Å². The van der Waals surface area contributed by atoms with Crippen molar-refractivity contribution in [2.24, 2.45) is 0 Å². The monoisotopic (exact) mass is 396 g/mol. The summed E-state index contributed by atoms with van der Waals surface area (Å²) in [4.78, 5) is 13.3. The zero-order valence-corrected chi connectivity index (χ0v) is 15.7. The molecule has 0 fully saturated rings. The summed E-state index contributed by atoms with van der Waals surface area (Å²) in [7, 11) is -4.09. The van der Waals surface area contributed by atoms with Gasteiger partial charge in [0.15, 0.2) is 11.6 Å². The van der Waals surface area contributed by atoms with E-state index in [-0.39, 0.29) is 23.0 Å². The number of anilines is 2. The van der Waals surface area contributed by atoms with E-state index in [1.54, 1.807) is 0 Å². The average Bonchev–Trinajstić information content (AvgIpc) is 2.56. The van der Waals surface area contributed by atoms with E-state index < -0.39 is 27.3 Å². The molecule has 3 rings (SSSR count). The maximum absolute atomic E-state index is 13.3. The Balaban J connectivity index is 1.99. The summed E-state index contributed by atoms with van der Waals surface area (Å²) in [6, 6.07) is 6.79. The first-order valence-corrected chi connectivity index (χ1v) is 9.56. The van der Waals surface area contributed by atoms with Crippen LogP contribution in [0.3, 0.4) is 0 Å². The lowest BCUT2D eigenvalue weighted by molar-refractivity contribution is -0.117. The number of nitrogens with zero attached hydrogens (tertiary/aromatic N) is 1. The number of sulfonamides is 1. The van der Waals surface area contributed by atoms with Gasteiger partial charge in [-0.3, -0.25) is 9.52 Å². The average molecular weight is 396 g/mol. The second kappa shape index (κ2) is 6.49. The van der Waals surface area contributed by atoms with E-state index in [9.17, 15) is 22.0 Å². The minimum absolute atomic E-state index is 0.118. The molecule has 27 heavy (non-hydrogen) atoms. The topological polar surface area (TPSA) is 75.7 Å². The highest BCUT2D eigenvalue weighted by Crippen LogP contribution is 2.38. The Bertz CT molecular complexity index is 1020. The Morgan fingerprint density at radius 2 is 1.85 bits per heavy atom. The van der Waals surface area contributed by atoms with Crippen molar-refractivity contribution in [1.29, 1.82) is 0 Å². The lowest BCUT2D eigenvalue weighted by Gasteiger charge is -2.39. The van der Waals surface area contributed by atoms with Crippen LogP contribution in [-0.2, 0) is 14.8 Å². The molecule has 1 amide bonds. The molecule has 0 radical (unpaired) electrons. The quantitative estimate of drug-likeness (QED) is 0.864. The predicted octanol–water partition coefficient (Wildman–Crippen LogP) is 3.29. The molecule has 1 aliphatic rings. The number of amides is 1. The number of fused-ring (bicyclic) bond motifs is 1. The van der Waals surface area contributed by atoms with Crippen LogP contribution in [0.25, 0.3) is 0 Å². The Labute approximate surface area is 155 Å². The second-order valence-corrected chi connectivity index (χ2v) is 8.51. The SMILES string of the molecule is CC(=O)N1CC(C)(C)Oc2ccc(S(=O)(=O)Nc3ccc(F)c(F)c3)cc21. The van der Waals surface area contributed by atoms with E-state index in [2.05, 4.69) is 4.72 Å². The highest BCUT2D eigenvalue weighted by atomic mass is 32.2. The van der Waals surface area contributed by atoms with Crippen molar-refractivity contribution < 1.29 is 26.7 Å². The number of benzene rings is 2. The van der Waals surface area contributed by atoms with Gasteiger partial charge in [-0.2, -0.15) is 0 Å². The fourth-order valence-electron chi connectivity index (χ4n) is 2.81. The Morgan fingerprint density at radius 3 is 2.48 bits per heavy atom. The molecule has 0 aromatic heterocycles. The summed E-state index contributed by atoms with van der Waals surface area (Å²) in [6.07, 6.45) is 0. The molecule has 0 saturated carbocycles. The molecule has 2 aromatic carbocycles. The molecule has 1 heterocycles. The molecule has 6 nitrogen and oxygen atoms in total. The fourth-order valence-corrected chi connectivity index (χ4v) is 3.88. The smallest absolute Gasteiger partial charge is 0.261 e. The van der Waals surface area contributed by atoms with E-state index in [4.69, 9.17) is 4.74 Å². The third-order valence-corrected chi connectivity index (χ3v) is 5.39. The first-order chi connectivity index (χ1) is 12.5. The highest BCUT2D eigenvalue weighted by molar-refractivity contribution is 7.92. The van der Waals surface area contributed by atoms with Gasteiger partial charge in [-0.05, 0) is 44.2 Å². The van der Waals surface area contributed by atoms with Crippen LogP contribution in [0.15, 0.2) is 41.3 Å². The molecule has 144 valence electrons. The van der Waals surface area contributed by atoms with Gasteiger partial charge in [0, 0.05) is 13.0 Å². The van der Waals surface area contributed by atoms with E-state index >= 15 is 0 Å². The van der Waals surface area contributed by atoms with Crippen LogP contribution in [0.2, 0.25) is 0 Å². The summed E-state index contributed by atoms with van der Waals surface area (Å²) in [5.41, 5.74) is -0.412.